The highest BCUT2D eigenvalue weighted by Gasteiger charge is 2.24. The molecule has 1 unspecified atom stereocenters. The van der Waals surface area contributed by atoms with Crippen LogP contribution in [0.5, 0.6) is 0 Å². The van der Waals surface area contributed by atoms with Crippen molar-refractivity contribution in [2.45, 2.75) is 6.54 Å². The van der Waals surface area contributed by atoms with Crippen molar-refractivity contribution < 1.29 is 14.1 Å². The molecule has 27 heavy (non-hydrogen) atoms. The summed E-state index contributed by atoms with van der Waals surface area (Å²) in [6, 6.07) is 12.3. The Morgan fingerprint density at radius 1 is 1.07 bits per heavy atom. The lowest BCUT2D eigenvalue weighted by molar-refractivity contribution is -0.885. The van der Waals surface area contributed by atoms with Crippen LogP contribution in [-0.4, -0.2) is 50.6 Å². The Bertz CT molecular complexity index is 810. The maximum Gasteiger partial charge on any atom is 0.277 e. The molecule has 1 amide bonds. The maximum atomic E-state index is 13.9. The molecule has 1 saturated heterocycles. The van der Waals surface area contributed by atoms with Crippen LogP contribution in [0.3, 0.4) is 0 Å². The fourth-order valence-electron chi connectivity index (χ4n) is 3.35. The summed E-state index contributed by atoms with van der Waals surface area (Å²) >= 11 is 12.3. The van der Waals surface area contributed by atoms with Crippen molar-refractivity contribution in [1.82, 2.24) is 4.90 Å². The molecule has 0 radical (unpaired) electrons. The van der Waals surface area contributed by atoms with E-state index in [1.807, 2.05) is 35.0 Å². The predicted molar refractivity (Wildman–Crippen MR) is 107 cm³/mol. The van der Waals surface area contributed by atoms with E-state index in [0.717, 1.165) is 10.5 Å². The topological polar surface area (TPSA) is 28.0 Å². The second-order valence-electron chi connectivity index (χ2n) is 6.84. The predicted octanol–water partition coefficient (Wildman–Crippen LogP) is 2.50. The van der Waals surface area contributed by atoms with Gasteiger partial charge in [-0.2, -0.15) is 0 Å². The number of halogens is 3. The SMILES string of the molecule is C[NH+](CC(=O)N1CCN(c2ccccc2F)CC1)Cc1cccc(Cl)c1Cl. The van der Waals surface area contributed by atoms with E-state index in [2.05, 4.69) is 0 Å². The maximum absolute atomic E-state index is 13.9. The summed E-state index contributed by atoms with van der Waals surface area (Å²) in [4.78, 5) is 17.5. The molecule has 1 aliphatic heterocycles. The highest BCUT2D eigenvalue weighted by Crippen LogP contribution is 2.24. The molecule has 144 valence electrons. The fraction of sp³-hybridized carbons (Fsp3) is 0.350. The van der Waals surface area contributed by atoms with Crippen molar-refractivity contribution in [3.8, 4) is 0 Å². The van der Waals surface area contributed by atoms with Gasteiger partial charge in [0.15, 0.2) is 6.54 Å². The van der Waals surface area contributed by atoms with Gasteiger partial charge >= 0.3 is 0 Å². The lowest BCUT2D eigenvalue weighted by Gasteiger charge is -2.36. The first-order chi connectivity index (χ1) is 13.0. The monoisotopic (exact) mass is 410 g/mol. The molecule has 2 aromatic carbocycles. The van der Waals surface area contributed by atoms with Gasteiger partial charge in [0.2, 0.25) is 0 Å². The number of nitrogens with one attached hydrogen (secondary N) is 1. The van der Waals surface area contributed by atoms with Crippen LogP contribution in [0.4, 0.5) is 10.1 Å². The highest BCUT2D eigenvalue weighted by atomic mass is 35.5. The third-order valence-corrected chi connectivity index (χ3v) is 5.66. The van der Waals surface area contributed by atoms with Crippen molar-refractivity contribution in [3.05, 3.63) is 63.9 Å². The zero-order valence-corrected chi connectivity index (χ0v) is 16.7. The molecule has 1 atom stereocenters. The molecule has 4 nitrogen and oxygen atoms in total. The number of rotatable bonds is 5. The molecule has 0 spiro atoms. The minimum Gasteiger partial charge on any atom is -0.366 e. The number of anilines is 1. The number of nitrogens with zero attached hydrogens (tertiary/aromatic N) is 2. The highest BCUT2D eigenvalue weighted by molar-refractivity contribution is 6.42. The summed E-state index contributed by atoms with van der Waals surface area (Å²) in [6.45, 7) is 3.46. The second-order valence-corrected chi connectivity index (χ2v) is 7.63. The summed E-state index contributed by atoms with van der Waals surface area (Å²) in [7, 11) is 1.96. The van der Waals surface area contributed by atoms with E-state index in [9.17, 15) is 9.18 Å². The Morgan fingerprint density at radius 3 is 2.48 bits per heavy atom. The van der Waals surface area contributed by atoms with Crippen LogP contribution in [-0.2, 0) is 11.3 Å². The summed E-state index contributed by atoms with van der Waals surface area (Å²) in [5.41, 5.74) is 1.53. The number of carbonyl (C=O) groups excluding carboxylic acids is 1. The molecule has 3 rings (SSSR count). The quantitative estimate of drug-likeness (QED) is 0.819. The lowest BCUT2D eigenvalue weighted by atomic mass is 10.2. The van der Waals surface area contributed by atoms with Crippen LogP contribution >= 0.6 is 23.2 Å². The summed E-state index contributed by atoms with van der Waals surface area (Å²) < 4.78 is 13.9. The van der Waals surface area contributed by atoms with E-state index in [4.69, 9.17) is 23.2 Å². The molecule has 2 aromatic rings. The molecule has 0 aromatic heterocycles. The Kier molecular flexibility index (Phi) is 6.58. The van der Waals surface area contributed by atoms with Gasteiger partial charge in [-0.3, -0.25) is 4.79 Å². The lowest BCUT2D eigenvalue weighted by Crippen LogP contribution is -3.09. The number of benzene rings is 2. The van der Waals surface area contributed by atoms with Gasteiger partial charge in [0, 0.05) is 31.7 Å². The minimum atomic E-state index is -0.222. The van der Waals surface area contributed by atoms with E-state index in [1.54, 1.807) is 18.2 Å². The molecular weight excluding hydrogens is 388 g/mol. The zero-order chi connectivity index (χ0) is 19.4. The van der Waals surface area contributed by atoms with Gasteiger partial charge in [-0.1, -0.05) is 47.5 Å². The Balaban J connectivity index is 1.52. The van der Waals surface area contributed by atoms with Crippen molar-refractivity contribution in [3.63, 3.8) is 0 Å². The van der Waals surface area contributed by atoms with Crippen LogP contribution in [0, 0.1) is 5.82 Å². The van der Waals surface area contributed by atoms with Gasteiger partial charge in [-0.05, 0) is 18.2 Å². The van der Waals surface area contributed by atoms with Crippen LogP contribution < -0.4 is 9.80 Å². The van der Waals surface area contributed by atoms with Crippen molar-refractivity contribution in [2.24, 2.45) is 0 Å². The van der Waals surface area contributed by atoms with Crippen LogP contribution in [0.2, 0.25) is 10.0 Å². The first kappa shape index (κ1) is 19.9. The molecular formula is C20H23Cl2FN3O+. The van der Waals surface area contributed by atoms with Crippen LogP contribution in [0.15, 0.2) is 42.5 Å². The number of hydrogen-bond acceptors (Lipinski definition) is 2. The number of carbonyl (C=O) groups is 1. The van der Waals surface area contributed by atoms with Crippen molar-refractivity contribution >= 4 is 34.8 Å². The third kappa shape index (κ3) is 4.92. The molecule has 0 saturated carbocycles. The Hall–Kier alpha value is -1.82. The standard InChI is InChI=1S/C20H22Cl2FN3O/c1-24(13-15-5-4-6-16(21)20(15)22)14-19(27)26-11-9-25(10-12-26)18-8-3-2-7-17(18)23/h2-8H,9-14H2,1H3/p+1. The average Bonchev–Trinajstić information content (AvgIpc) is 2.66. The van der Waals surface area contributed by atoms with E-state index in [-0.39, 0.29) is 11.7 Å². The van der Waals surface area contributed by atoms with Crippen LogP contribution in [0.25, 0.3) is 0 Å². The molecule has 7 heteroatoms. The number of amides is 1. The molecule has 1 heterocycles. The molecule has 0 bridgehead atoms. The third-order valence-electron chi connectivity index (χ3n) is 4.80. The Morgan fingerprint density at radius 2 is 1.78 bits per heavy atom. The number of para-hydroxylation sites is 1. The van der Waals surface area contributed by atoms with E-state index < -0.39 is 0 Å². The number of piperazine rings is 1. The van der Waals surface area contributed by atoms with Gasteiger partial charge in [-0.25, -0.2) is 4.39 Å². The minimum absolute atomic E-state index is 0.0961. The number of quaternary nitrogens is 1. The van der Waals surface area contributed by atoms with Gasteiger partial charge in [0.05, 0.1) is 22.8 Å². The average molecular weight is 411 g/mol. The van der Waals surface area contributed by atoms with Crippen molar-refractivity contribution in [2.75, 3.05) is 44.7 Å². The van der Waals surface area contributed by atoms with E-state index >= 15 is 0 Å². The summed E-state index contributed by atoms with van der Waals surface area (Å²) in [5, 5.41) is 1.07. The summed E-state index contributed by atoms with van der Waals surface area (Å²) in [5.74, 6) is -0.126. The van der Waals surface area contributed by atoms with E-state index in [0.29, 0.717) is 55.0 Å². The summed E-state index contributed by atoms with van der Waals surface area (Å²) in [6.07, 6.45) is 0. The van der Waals surface area contributed by atoms with Gasteiger partial charge in [0.25, 0.3) is 5.91 Å². The van der Waals surface area contributed by atoms with Crippen LogP contribution in [0.1, 0.15) is 5.56 Å². The Labute approximate surface area is 169 Å². The van der Waals surface area contributed by atoms with Crippen molar-refractivity contribution in [1.29, 1.82) is 0 Å². The molecule has 1 aliphatic rings. The molecule has 1 fully saturated rings. The van der Waals surface area contributed by atoms with E-state index in [1.165, 1.54) is 6.07 Å². The van der Waals surface area contributed by atoms with Gasteiger partial charge < -0.3 is 14.7 Å². The molecule has 0 aliphatic carbocycles. The van der Waals surface area contributed by atoms with Gasteiger partial charge in [0.1, 0.15) is 12.4 Å². The first-order valence-electron chi connectivity index (χ1n) is 8.97. The normalized spacial score (nSPS) is 15.7. The molecule has 1 N–H and O–H groups in total. The zero-order valence-electron chi connectivity index (χ0n) is 15.2. The smallest absolute Gasteiger partial charge is 0.277 e. The fourth-order valence-corrected chi connectivity index (χ4v) is 3.73. The number of hydrogen-bond donors (Lipinski definition) is 1. The first-order valence-corrected chi connectivity index (χ1v) is 9.72. The van der Waals surface area contributed by atoms with Gasteiger partial charge in [-0.15, -0.1) is 0 Å². The second kappa shape index (κ2) is 8.91. The largest absolute Gasteiger partial charge is 0.366 e. The number of likely N-dealkylation sites (N-methyl/N-ethyl adjacent to an activating group) is 1.